The summed E-state index contributed by atoms with van der Waals surface area (Å²) >= 11 is 0. The van der Waals surface area contributed by atoms with Crippen LogP contribution in [0.5, 0.6) is 11.5 Å². The Morgan fingerprint density at radius 1 is 1.03 bits per heavy atom. The molecule has 10 heteroatoms. The molecular weight excluding hydrogens is 456 g/mol. The lowest BCUT2D eigenvalue weighted by molar-refractivity contribution is -0.116. The van der Waals surface area contributed by atoms with E-state index in [4.69, 9.17) is 9.47 Å². The van der Waals surface area contributed by atoms with Gasteiger partial charge in [-0.05, 0) is 36.4 Å². The first-order chi connectivity index (χ1) is 16.4. The number of hydrogen-bond donors (Lipinski definition) is 2. The molecule has 0 atom stereocenters. The number of likely N-dealkylation sites (N-methyl/N-ethyl adjacent to an activating group) is 1. The molecule has 1 aromatic heterocycles. The summed E-state index contributed by atoms with van der Waals surface area (Å²) in [6, 6.07) is 19.3. The lowest BCUT2D eigenvalue weighted by Crippen LogP contribution is -2.35. The fraction of sp³-hybridized carbons (Fsp3) is 0.167. The zero-order valence-corrected chi connectivity index (χ0v) is 19.1. The van der Waals surface area contributed by atoms with Crippen molar-refractivity contribution in [2.75, 3.05) is 32.1 Å². The predicted molar refractivity (Wildman–Crippen MR) is 127 cm³/mol. The molecule has 0 spiro atoms. The third kappa shape index (κ3) is 4.33. The van der Waals surface area contributed by atoms with Crippen LogP contribution in [0.1, 0.15) is 0 Å². The van der Waals surface area contributed by atoms with Gasteiger partial charge in [-0.3, -0.25) is 4.79 Å². The maximum absolute atomic E-state index is 13.0. The molecule has 174 valence electrons. The minimum absolute atomic E-state index is 0.0268. The third-order valence-electron chi connectivity index (χ3n) is 5.40. The van der Waals surface area contributed by atoms with Crippen molar-refractivity contribution in [1.82, 2.24) is 14.3 Å². The number of para-hydroxylation sites is 2. The number of carbonyl (C=O) groups excluding carboxylic acids is 1. The maximum atomic E-state index is 13.0. The SMILES string of the molecule is CN(CC(=O)Nc1cccc(-c2nc3ccccc3[nH]2)c1)S(=O)(=O)c1ccc2c(c1)OCCO2. The van der Waals surface area contributed by atoms with E-state index < -0.39 is 15.9 Å². The fourth-order valence-electron chi connectivity index (χ4n) is 3.69. The molecule has 2 heterocycles. The summed E-state index contributed by atoms with van der Waals surface area (Å²) in [5.41, 5.74) is 3.09. The molecule has 0 unspecified atom stereocenters. The van der Waals surface area contributed by atoms with Gasteiger partial charge in [0.1, 0.15) is 19.0 Å². The molecule has 1 amide bonds. The highest BCUT2D eigenvalue weighted by Crippen LogP contribution is 2.33. The van der Waals surface area contributed by atoms with Crippen molar-refractivity contribution in [3.63, 3.8) is 0 Å². The number of rotatable bonds is 6. The van der Waals surface area contributed by atoms with Gasteiger partial charge in [-0.2, -0.15) is 4.31 Å². The zero-order valence-electron chi connectivity index (χ0n) is 18.3. The molecule has 4 aromatic rings. The minimum Gasteiger partial charge on any atom is -0.486 e. The summed E-state index contributed by atoms with van der Waals surface area (Å²) in [6.45, 7) is 0.407. The quantitative estimate of drug-likeness (QED) is 0.440. The van der Waals surface area contributed by atoms with Crippen molar-refractivity contribution < 1.29 is 22.7 Å². The van der Waals surface area contributed by atoms with Crippen LogP contribution in [0.15, 0.2) is 71.6 Å². The summed E-state index contributed by atoms with van der Waals surface area (Å²) in [5, 5.41) is 2.76. The van der Waals surface area contributed by atoms with Crippen LogP contribution < -0.4 is 14.8 Å². The van der Waals surface area contributed by atoms with Crippen molar-refractivity contribution in [3.8, 4) is 22.9 Å². The standard InChI is InChI=1S/C24H22N4O5S/c1-28(34(30,31)18-9-10-21-22(14-18)33-12-11-32-21)15-23(29)25-17-6-4-5-16(13-17)24-26-19-7-2-3-8-20(19)27-24/h2-10,13-14H,11-12,15H2,1H3,(H,25,29)(H,26,27). The van der Waals surface area contributed by atoms with Crippen molar-refractivity contribution in [1.29, 1.82) is 0 Å². The molecule has 1 aliphatic heterocycles. The summed E-state index contributed by atoms with van der Waals surface area (Å²) in [7, 11) is -2.55. The molecule has 0 saturated heterocycles. The van der Waals surface area contributed by atoms with Crippen molar-refractivity contribution in [3.05, 3.63) is 66.7 Å². The number of hydrogen-bond acceptors (Lipinski definition) is 6. The van der Waals surface area contributed by atoms with Gasteiger partial charge in [0.05, 0.1) is 22.5 Å². The molecule has 0 saturated carbocycles. The van der Waals surface area contributed by atoms with E-state index in [1.807, 2.05) is 30.3 Å². The van der Waals surface area contributed by atoms with E-state index in [0.717, 1.165) is 20.9 Å². The largest absolute Gasteiger partial charge is 0.486 e. The number of aromatic nitrogens is 2. The maximum Gasteiger partial charge on any atom is 0.243 e. The second-order valence-electron chi connectivity index (χ2n) is 7.80. The fourth-order valence-corrected chi connectivity index (χ4v) is 4.83. The van der Waals surface area contributed by atoms with Crippen LogP contribution >= 0.6 is 0 Å². The Hall–Kier alpha value is -3.89. The number of amides is 1. The van der Waals surface area contributed by atoms with Crippen LogP contribution in [0.25, 0.3) is 22.4 Å². The molecular formula is C24H22N4O5S. The summed E-state index contributed by atoms with van der Waals surface area (Å²) in [5.74, 6) is 1.07. The monoisotopic (exact) mass is 478 g/mol. The van der Waals surface area contributed by atoms with Crippen molar-refractivity contribution in [2.45, 2.75) is 4.90 Å². The molecule has 2 N–H and O–H groups in total. The number of fused-ring (bicyclic) bond motifs is 2. The van der Waals surface area contributed by atoms with Crippen molar-refractivity contribution in [2.24, 2.45) is 0 Å². The van der Waals surface area contributed by atoms with E-state index in [-0.39, 0.29) is 11.4 Å². The normalized spacial score (nSPS) is 13.2. The van der Waals surface area contributed by atoms with E-state index in [1.165, 1.54) is 19.2 Å². The van der Waals surface area contributed by atoms with Gasteiger partial charge >= 0.3 is 0 Å². The first-order valence-electron chi connectivity index (χ1n) is 10.6. The Kier molecular flexibility index (Phi) is 5.68. The lowest BCUT2D eigenvalue weighted by Gasteiger charge is -2.21. The number of benzene rings is 3. The molecule has 1 aliphatic rings. The van der Waals surface area contributed by atoms with E-state index in [0.29, 0.717) is 36.2 Å². The minimum atomic E-state index is -3.90. The van der Waals surface area contributed by atoms with Crippen LogP contribution in [0.2, 0.25) is 0 Å². The second-order valence-corrected chi connectivity index (χ2v) is 9.84. The van der Waals surface area contributed by atoms with E-state index in [2.05, 4.69) is 15.3 Å². The number of sulfonamides is 1. The van der Waals surface area contributed by atoms with Crippen LogP contribution in [0.3, 0.4) is 0 Å². The number of H-pyrrole nitrogens is 1. The number of carbonyl (C=O) groups is 1. The number of aromatic amines is 1. The highest BCUT2D eigenvalue weighted by atomic mass is 32.2. The molecule has 5 rings (SSSR count). The number of anilines is 1. The van der Waals surface area contributed by atoms with Crippen molar-refractivity contribution >= 4 is 32.7 Å². The number of nitrogens with one attached hydrogen (secondary N) is 2. The summed E-state index contributed by atoms with van der Waals surface area (Å²) in [4.78, 5) is 20.5. The Bertz CT molecular complexity index is 1450. The highest BCUT2D eigenvalue weighted by molar-refractivity contribution is 7.89. The van der Waals surface area contributed by atoms with E-state index >= 15 is 0 Å². The highest BCUT2D eigenvalue weighted by Gasteiger charge is 2.25. The predicted octanol–water partition coefficient (Wildman–Crippen LogP) is 3.26. The number of imidazole rings is 1. The van der Waals surface area contributed by atoms with E-state index in [1.54, 1.807) is 24.3 Å². The summed E-state index contributed by atoms with van der Waals surface area (Å²) < 4.78 is 37.8. The number of nitrogens with zero attached hydrogens (tertiary/aromatic N) is 2. The van der Waals surface area contributed by atoms with Crippen LogP contribution in [0, 0.1) is 0 Å². The van der Waals surface area contributed by atoms with Gasteiger partial charge in [0.25, 0.3) is 0 Å². The smallest absolute Gasteiger partial charge is 0.243 e. The Morgan fingerprint density at radius 2 is 1.82 bits per heavy atom. The van der Waals surface area contributed by atoms with Gasteiger partial charge in [-0.1, -0.05) is 24.3 Å². The molecule has 0 radical (unpaired) electrons. The molecule has 0 fully saturated rings. The van der Waals surface area contributed by atoms with Gasteiger partial charge < -0.3 is 19.8 Å². The van der Waals surface area contributed by atoms with Gasteiger partial charge in [-0.15, -0.1) is 0 Å². The Balaban J connectivity index is 1.29. The van der Waals surface area contributed by atoms with E-state index in [9.17, 15) is 13.2 Å². The van der Waals surface area contributed by atoms with Crippen LogP contribution in [-0.4, -0.2) is 55.4 Å². The van der Waals surface area contributed by atoms with Crippen LogP contribution in [-0.2, 0) is 14.8 Å². The lowest BCUT2D eigenvalue weighted by atomic mass is 10.2. The van der Waals surface area contributed by atoms with Gasteiger partial charge in [0, 0.05) is 24.4 Å². The number of ether oxygens (including phenoxy) is 2. The summed E-state index contributed by atoms with van der Waals surface area (Å²) in [6.07, 6.45) is 0. The Labute approximate surface area is 196 Å². The Morgan fingerprint density at radius 3 is 2.65 bits per heavy atom. The molecule has 0 bridgehead atoms. The second kappa shape index (κ2) is 8.81. The third-order valence-corrected chi connectivity index (χ3v) is 7.20. The first kappa shape index (κ1) is 21.9. The first-order valence-corrected chi connectivity index (χ1v) is 12.1. The van der Waals surface area contributed by atoms with Gasteiger partial charge in [0.15, 0.2) is 11.5 Å². The molecule has 3 aromatic carbocycles. The zero-order chi connectivity index (χ0) is 23.7. The van der Waals surface area contributed by atoms with Crippen LogP contribution in [0.4, 0.5) is 5.69 Å². The average Bonchev–Trinajstić information content (AvgIpc) is 3.28. The topological polar surface area (TPSA) is 114 Å². The molecule has 0 aliphatic carbocycles. The molecule has 9 nitrogen and oxygen atoms in total. The molecule has 34 heavy (non-hydrogen) atoms. The van der Waals surface area contributed by atoms with Gasteiger partial charge in [-0.25, -0.2) is 13.4 Å². The average molecular weight is 479 g/mol. The van der Waals surface area contributed by atoms with Gasteiger partial charge in [0.2, 0.25) is 15.9 Å².